The standard InChI is InChI=1S/C16H22N2O4/c1-21-13-5-3-11(9-14(13)22-2)4-6-15(19)18-8-7-12(17)10-16(18)20/h3,5,9,12H,4,6-8,10,17H2,1-2H3. The van der Waals surface area contributed by atoms with Crippen LogP contribution in [0.1, 0.15) is 24.8 Å². The number of likely N-dealkylation sites (tertiary alicyclic amines) is 1. The predicted molar refractivity (Wildman–Crippen MR) is 81.8 cm³/mol. The van der Waals surface area contributed by atoms with Gasteiger partial charge in [-0.25, -0.2) is 0 Å². The summed E-state index contributed by atoms with van der Waals surface area (Å²) in [6.07, 6.45) is 1.77. The average molecular weight is 306 g/mol. The van der Waals surface area contributed by atoms with E-state index >= 15 is 0 Å². The number of amides is 2. The van der Waals surface area contributed by atoms with E-state index in [1.165, 1.54) is 4.90 Å². The average Bonchev–Trinajstić information content (AvgIpc) is 2.52. The second-order valence-corrected chi connectivity index (χ2v) is 5.38. The Hall–Kier alpha value is -2.08. The summed E-state index contributed by atoms with van der Waals surface area (Å²) in [5, 5.41) is 0. The van der Waals surface area contributed by atoms with Crippen LogP contribution < -0.4 is 15.2 Å². The van der Waals surface area contributed by atoms with Crippen LogP contribution in [-0.2, 0) is 16.0 Å². The summed E-state index contributed by atoms with van der Waals surface area (Å²) >= 11 is 0. The molecule has 120 valence electrons. The molecule has 6 heteroatoms. The molecule has 2 rings (SSSR count). The molecular weight excluding hydrogens is 284 g/mol. The summed E-state index contributed by atoms with van der Waals surface area (Å²) in [4.78, 5) is 25.3. The van der Waals surface area contributed by atoms with Crippen LogP contribution in [0, 0.1) is 0 Å². The normalized spacial score (nSPS) is 18.2. The molecule has 22 heavy (non-hydrogen) atoms. The SMILES string of the molecule is COc1ccc(CCC(=O)N2CCC(N)CC2=O)cc1OC. The van der Waals surface area contributed by atoms with Crippen molar-refractivity contribution in [1.82, 2.24) is 4.90 Å². The van der Waals surface area contributed by atoms with E-state index in [0.29, 0.717) is 30.9 Å². The zero-order valence-corrected chi connectivity index (χ0v) is 13.0. The molecule has 0 aromatic heterocycles. The minimum absolute atomic E-state index is 0.123. The van der Waals surface area contributed by atoms with Crippen LogP contribution in [-0.4, -0.2) is 43.5 Å². The number of hydrogen-bond donors (Lipinski definition) is 1. The van der Waals surface area contributed by atoms with Crippen molar-refractivity contribution in [2.75, 3.05) is 20.8 Å². The molecule has 1 atom stereocenters. The molecule has 1 unspecified atom stereocenters. The number of nitrogens with two attached hydrogens (primary N) is 1. The highest BCUT2D eigenvalue weighted by Crippen LogP contribution is 2.28. The van der Waals surface area contributed by atoms with E-state index < -0.39 is 0 Å². The van der Waals surface area contributed by atoms with Crippen molar-refractivity contribution in [2.24, 2.45) is 5.73 Å². The topological polar surface area (TPSA) is 81.9 Å². The second-order valence-electron chi connectivity index (χ2n) is 5.38. The Morgan fingerprint density at radius 1 is 1.32 bits per heavy atom. The number of carbonyl (C=O) groups excluding carboxylic acids is 2. The molecule has 1 aliphatic rings. The maximum atomic E-state index is 12.2. The molecule has 1 aromatic rings. The third-order valence-electron chi connectivity index (χ3n) is 3.84. The van der Waals surface area contributed by atoms with Gasteiger partial charge < -0.3 is 15.2 Å². The van der Waals surface area contributed by atoms with Crippen molar-refractivity contribution in [1.29, 1.82) is 0 Å². The zero-order chi connectivity index (χ0) is 16.1. The third kappa shape index (κ3) is 3.76. The molecule has 0 saturated carbocycles. The summed E-state index contributed by atoms with van der Waals surface area (Å²) in [7, 11) is 3.15. The van der Waals surface area contributed by atoms with Crippen molar-refractivity contribution in [3.8, 4) is 11.5 Å². The number of rotatable bonds is 5. The molecule has 0 bridgehead atoms. The Morgan fingerprint density at radius 2 is 2.05 bits per heavy atom. The van der Waals surface area contributed by atoms with E-state index in [4.69, 9.17) is 15.2 Å². The Bertz CT molecular complexity index is 559. The molecular formula is C16H22N2O4. The first-order valence-corrected chi connectivity index (χ1v) is 7.34. The maximum absolute atomic E-state index is 12.2. The van der Waals surface area contributed by atoms with Gasteiger partial charge >= 0.3 is 0 Å². The Kier molecular flexibility index (Phi) is 5.38. The van der Waals surface area contributed by atoms with Crippen molar-refractivity contribution in [3.05, 3.63) is 23.8 Å². The lowest BCUT2D eigenvalue weighted by molar-refractivity contribution is -0.146. The van der Waals surface area contributed by atoms with Crippen LogP contribution in [0.4, 0.5) is 0 Å². The minimum atomic E-state index is -0.170. The molecule has 0 radical (unpaired) electrons. The van der Waals surface area contributed by atoms with Crippen LogP contribution in [0.15, 0.2) is 18.2 Å². The van der Waals surface area contributed by atoms with Gasteiger partial charge in [0.25, 0.3) is 0 Å². The fraction of sp³-hybridized carbons (Fsp3) is 0.500. The first-order valence-electron chi connectivity index (χ1n) is 7.34. The number of piperidine rings is 1. The van der Waals surface area contributed by atoms with Gasteiger partial charge in [-0.3, -0.25) is 14.5 Å². The molecule has 1 heterocycles. The van der Waals surface area contributed by atoms with Crippen molar-refractivity contribution < 1.29 is 19.1 Å². The van der Waals surface area contributed by atoms with Crippen LogP contribution in [0.25, 0.3) is 0 Å². The molecule has 0 spiro atoms. The zero-order valence-electron chi connectivity index (χ0n) is 13.0. The minimum Gasteiger partial charge on any atom is -0.493 e. The van der Waals surface area contributed by atoms with Gasteiger partial charge in [-0.1, -0.05) is 6.07 Å². The molecule has 2 N–H and O–H groups in total. The molecule has 0 aliphatic carbocycles. The molecule has 1 aliphatic heterocycles. The molecule has 2 amide bonds. The number of hydrogen-bond acceptors (Lipinski definition) is 5. The van der Waals surface area contributed by atoms with Crippen LogP contribution in [0.3, 0.4) is 0 Å². The summed E-state index contributed by atoms with van der Waals surface area (Å²) in [5.74, 6) is 0.966. The summed E-state index contributed by atoms with van der Waals surface area (Å²) in [6.45, 7) is 0.421. The number of imide groups is 1. The Morgan fingerprint density at radius 3 is 2.68 bits per heavy atom. The second kappa shape index (κ2) is 7.26. The number of aryl methyl sites for hydroxylation is 1. The van der Waals surface area contributed by atoms with Crippen LogP contribution >= 0.6 is 0 Å². The van der Waals surface area contributed by atoms with Gasteiger partial charge in [-0.2, -0.15) is 0 Å². The van der Waals surface area contributed by atoms with E-state index in [-0.39, 0.29) is 30.7 Å². The lowest BCUT2D eigenvalue weighted by atomic mass is 10.0. The molecule has 1 aromatic carbocycles. The third-order valence-corrected chi connectivity index (χ3v) is 3.84. The number of benzene rings is 1. The Balaban J connectivity index is 1.95. The summed E-state index contributed by atoms with van der Waals surface area (Å²) in [6, 6.07) is 5.43. The fourth-order valence-corrected chi connectivity index (χ4v) is 2.54. The number of ether oxygens (including phenoxy) is 2. The fourth-order valence-electron chi connectivity index (χ4n) is 2.54. The van der Waals surface area contributed by atoms with Gasteiger partial charge in [0.1, 0.15) is 0 Å². The highest BCUT2D eigenvalue weighted by atomic mass is 16.5. The van der Waals surface area contributed by atoms with Crippen molar-refractivity contribution >= 4 is 11.8 Å². The number of methoxy groups -OCH3 is 2. The van der Waals surface area contributed by atoms with Crippen LogP contribution in [0.2, 0.25) is 0 Å². The van der Waals surface area contributed by atoms with E-state index in [9.17, 15) is 9.59 Å². The maximum Gasteiger partial charge on any atom is 0.230 e. The van der Waals surface area contributed by atoms with E-state index in [2.05, 4.69) is 0 Å². The molecule has 6 nitrogen and oxygen atoms in total. The predicted octanol–water partition coefficient (Wildman–Crippen LogP) is 1.11. The van der Waals surface area contributed by atoms with E-state index in [1.807, 2.05) is 18.2 Å². The quantitative estimate of drug-likeness (QED) is 0.881. The van der Waals surface area contributed by atoms with Gasteiger partial charge in [0.05, 0.1) is 14.2 Å². The smallest absolute Gasteiger partial charge is 0.230 e. The first-order chi connectivity index (χ1) is 10.5. The first kappa shape index (κ1) is 16.3. The lowest BCUT2D eigenvalue weighted by Crippen LogP contribution is -2.46. The van der Waals surface area contributed by atoms with Crippen molar-refractivity contribution in [3.63, 3.8) is 0 Å². The van der Waals surface area contributed by atoms with Crippen LogP contribution in [0.5, 0.6) is 11.5 Å². The number of carbonyl (C=O) groups is 2. The summed E-state index contributed by atoms with van der Waals surface area (Å²) in [5.41, 5.74) is 6.69. The van der Waals surface area contributed by atoms with E-state index in [0.717, 1.165) is 5.56 Å². The number of nitrogens with zero attached hydrogens (tertiary/aromatic N) is 1. The van der Waals surface area contributed by atoms with Gasteiger partial charge in [0.15, 0.2) is 11.5 Å². The van der Waals surface area contributed by atoms with Gasteiger partial charge in [-0.15, -0.1) is 0 Å². The highest BCUT2D eigenvalue weighted by Gasteiger charge is 2.27. The summed E-state index contributed by atoms with van der Waals surface area (Å²) < 4.78 is 10.4. The van der Waals surface area contributed by atoms with Gasteiger partial charge in [-0.05, 0) is 30.5 Å². The molecule has 1 saturated heterocycles. The van der Waals surface area contributed by atoms with Gasteiger partial charge in [0, 0.05) is 25.4 Å². The highest BCUT2D eigenvalue weighted by molar-refractivity contribution is 5.96. The van der Waals surface area contributed by atoms with Gasteiger partial charge in [0.2, 0.25) is 11.8 Å². The molecule has 1 fully saturated rings. The Labute approximate surface area is 130 Å². The largest absolute Gasteiger partial charge is 0.493 e. The van der Waals surface area contributed by atoms with E-state index in [1.54, 1.807) is 14.2 Å². The van der Waals surface area contributed by atoms with Crippen molar-refractivity contribution in [2.45, 2.75) is 31.7 Å². The monoisotopic (exact) mass is 306 g/mol. The lowest BCUT2D eigenvalue weighted by Gasteiger charge is -2.28.